The van der Waals surface area contributed by atoms with Crippen molar-refractivity contribution in [3.63, 3.8) is 0 Å². The number of likely N-dealkylation sites (N-methyl/N-ethyl adjacent to an activating group) is 1. The Hall–Kier alpha value is -2.21. The number of nitrogens with one attached hydrogen (secondary N) is 1. The number of hydrogen-bond acceptors (Lipinski definition) is 4. The minimum Gasteiger partial charge on any atom is -0.349 e. The first kappa shape index (κ1) is 18.1. The summed E-state index contributed by atoms with van der Waals surface area (Å²) >= 11 is 0. The Balaban J connectivity index is 2.36. The van der Waals surface area contributed by atoms with Crippen LogP contribution in [0.15, 0.2) is 29.1 Å². The molecule has 0 atom stereocenters. The summed E-state index contributed by atoms with van der Waals surface area (Å²) in [5.74, 6) is -0.255. The summed E-state index contributed by atoms with van der Waals surface area (Å²) in [5.41, 5.74) is -0.00831. The van der Waals surface area contributed by atoms with Gasteiger partial charge in [0.05, 0.1) is 5.39 Å². The number of hydrogen-bond donors (Lipinski definition) is 1. The van der Waals surface area contributed by atoms with Crippen molar-refractivity contribution in [2.24, 2.45) is 7.05 Å². The largest absolute Gasteiger partial charge is 0.349 e. The van der Waals surface area contributed by atoms with E-state index < -0.39 is 0 Å². The third-order valence-corrected chi connectivity index (χ3v) is 5.01. The maximum Gasteiger partial charge on any atom is 0.274 e. The summed E-state index contributed by atoms with van der Waals surface area (Å²) in [6.45, 7) is 4.77. The van der Waals surface area contributed by atoms with E-state index >= 15 is 0 Å². The average Bonchev–Trinajstić information content (AvgIpc) is 2.59. The number of rotatable bonds is 6. The van der Waals surface area contributed by atoms with Crippen LogP contribution < -0.4 is 10.9 Å². The molecule has 2 rings (SSSR count). The minimum absolute atomic E-state index is 0.0911. The molecule has 1 N–H and O–H groups in total. The van der Waals surface area contributed by atoms with Crippen molar-refractivity contribution < 1.29 is 4.79 Å². The predicted molar refractivity (Wildman–Crippen MR) is 96.3 cm³/mol. The molecule has 1 aromatic heterocycles. The number of amides is 1. The maximum atomic E-state index is 12.7. The first-order valence-corrected chi connectivity index (χ1v) is 8.28. The van der Waals surface area contributed by atoms with Crippen LogP contribution in [0.1, 0.15) is 37.2 Å². The highest BCUT2D eigenvalue weighted by atomic mass is 16.2. The van der Waals surface area contributed by atoms with Crippen LogP contribution in [0.25, 0.3) is 10.8 Å². The van der Waals surface area contributed by atoms with Crippen molar-refractivity contribution in [2.45, 2.75) is 32.2 Å². The number of nitrogens with zero attached hydrogens (tertiary/aromatic N) is 3. The molecule has 1 aromatic carbocycles. The second-order valence-corrected chi connectivity index (χ2v) is 6.33. The van der Waals surface area contributed by atoms with E-state index in [0.29, 0.717) is 17.3 Å². The lowest BCUT2D eigenvalue weighted by Gasteiger charge is -2.38. The molecule has 1 amide bonds. The molecular weight excluding hydrogens is 304 g/mol. The zero-order valence-corrected chi connectivity index (χ0v) is 15.1. The van der Waals surface area contributed by atoms with Crippen LogP contribution in [0.4, 0.5) is 0 Å². The zero-order valence-electron chi connectivity index (χ0n) is 15.1. The van der Waals surface area contributed by atoms with Gasteiger partial charge in [0.25, 0.3) is 11.5 Å². The lowest BCUT2D eigenvalue weighted by molar-refractivity contribution is 0.0877. The van der Waals surface area contributed by atoms with E-state index in [9.17, 15) is 9.59 Å². The molecule has 2 aromatic rings. The molecule has 0 saturated carbocycles. The molecule has 24 heavy (non-hydrogen) atoms. The van der Waals surface area contributed by atoms with Crippen molar-refractivity contribution in [2.75, 3.05) is 20.6 Å². The van der Waals surface area contributed by atoms with Crippen LogP contribution >= 0.6 is 0 Å². The molecule has 0 unspecified atom stereocenters. The number of carbonyl (C=O) groups excluding carboxylic acids is 1. The van der Waals surface area contributed by atoms with Gasteiger partial charge in [0.2, 0.25) is 0 Å². The second-order valence-electron chi connectivity index (χ2n) is 6.33. The highest BCUT2D eigenvalue weighted by Crippen LogP contribution is 2.20. The number of aromatic nitrogens is 2. The fourth-order valence-corrected chi connectivity index (χ4v) is 3.09. The summed E-state index contributed by atoms with van der Waals surface area (Å²) in [6, 6.07) is 7.08. The number of fused-ring (bicyclic) bond motifs is 1. The quantitative estimate of drug-likeness (QED) is 0.877. The van der Waals surface area contributed by atoms with Gasteiger partial charge in [-0.2, -0.15) is 5.10 Å². The summed E-state index contributed by atoms with van der Waals surface area (Å²) in [4.78, 5) is 27.0. The Morgan fingerprint density at radius 2 is 1.79 bits per heavy atom. The normalized spacial score (nSPS) is 11.9. The van der Waals surface area contributed by atoms with Crippen LogP contribution in [0, 0.1) is 0 Å². The van der Waals surface area contributed by atoms with Crippen LogP contribution in [0.3, 0.4) is 0 Å². The number of benzene rings is 1. The fourth-order valence-electron chi connectivity index (χ4n) is 3.09. The summed E-state index contributed by atoms with van der Waals surface area (Å²) in [5, 5.41) is 8.27. The molecule has 6 heteroatoms. The van der Waals surface area contributed by atoms with E-state index in [-0.39, 0.29) is 22.7 Å². The van der Waals surface area contributed by atoms with Crippen molar-refractivity contribution in [3.05, 3.63) is 40.3 Å². The Kier molecular flexibility index (Phi) is 5.39. The standard InChI is InChI=1S/C18H26N4O2/c1-6-18(7-2,21(3)4)12-19-16(23)15-13-10-8-9-11-14(13)17(24)22(5)20-15/h8-11H,6-7,12H2,1-5H3,(H,19,23). The van der Waals surface area contributed by atoms with Crippen molar-refractivity contribution in [1.29, 1.82) is 0 Å². The highest BCUT2D eigenvalue weighted by Gasteiger charge is 2.29. The van der Waals surface area contributed by atoms with Crippen molar-refractivity contribution in [3.8, 4) is 0 Å². The smallest absolute Gasteiger partial charge is 0.274 e. The minimum atomic E-state index is -0.255. The Morgan fingerprint density at radius 3 is 2.33 bits per heavy atom. The van der Waals surface area contributed by atoms with E-state index in [2.05, 4.69) is 29.2 Å². The van der Waals surface area contributed by atoms with Gasteiger partial charge in [0.15, 0.2) is 5.69 Å². The zero-order chi connectivity index (χ0) is 17.9. The van der Waals surface area contributed by atoms with E-state index in [4.69, 9.17) is 0 Å². The SMILES string of the molecule is CCC(CC)(CNC(=O)c1nn(C)c(=O)c2ccccc12)N(C)C. The predicted octanol–water partition coefficient (Wildman–Crippen LogP) is 1.78. The van der Waals surface area contributed by atoms with Gasteiger partial charge in [0, 0.05) is 24.5 Å². The monoisotopic (exact) mass is 330 g/mol. The van der Waals surface area contributed by atoms with Gasteiger partial charge in [0.1, 0.15) is 0 Å². The van der Waals surface area contributed by atoms with Crippen LogP contribution in [-0.2, 0) is 7.05 Å². The molecule has 6 nitrogen and oxygen atoms in total. The number of aryl methyl sites for hydroxylation is 1. The fraction of sp³-hybridized carbons (Fsp3) is 0.500. The van der Waals surface area contributed by atoms with Crippen molar-refractivity contribution >= 4 is 16.7 Å². The summed E-state index contributed by atoms with van der Waals surface area (Å²) in [6.07, 6.45) is 1.86. The lowest BCUT2D eigenvalue weighted by Crippen LogP contribution is -2.52. The van der Waals surface area contributed by atoms with E-state index in [1.807, 2.05) is 20.2 Å². The Bertz CT molecular complexity index is 791. The summed E-state index contributed by atoms with van der Waals surface area (Å²) in [7, 11) is 5.62. The molecule has 0 fully saturated rings. The third-order valence-electron chi connectivity index (χ3n) is 5.01. The first-order valence-electron chi connectivity index (χ1n) is 8.28. The number of carbonyl (C=O) groups is 1. The van der Waals surface area contributed by atoms with Crippen LogP contribution in [0.5, 0.6) is 0 Å². The maximum absolute atomic E-state index is 12.7. The van der Waals surface area contributed by atoms with Gasteiger partial charge in [-0.1, -0.05) is 32.0 Å². The van der Waals surface area contributed by atoms with E-state index in [1.165, 1.54) is 4.68 Å². The van der Waals surface area contributed by atoms with Gasteiger partial charge in [-0.25, -0.2) is 4.68 Å². The van der Waals surface area contributed by atoms with Gasteiger partial charge < -0.3 is 10.2 Å². The first-order chi connectivity index (χ1) is 11.4. The van der Waals surface area contributed by atoms with Gasteiger partial charge >= 0.3 is 0 Å². The van der Waals surface area contributed by atoms with Crippen LogP contribution in [0.2, 0.25) is 0 Å². The van der Waals surface area contributed by atoms with E-state index in [1.54, 1.807) is 25.2 Å². The van der Waals surface area contributed by atoms with Crippen molar-refractivity contribution in [1.82, 2.24) is 20.0 Å². The second kappa shape index (κ2) is 7.13. The molecule has 1 heterocycles. The van der Waals surface area contributed by atoms with E-state index in [0.717, 1.165) is 12.8 Å². The molecule has 0 bridgehead atoms. The lowest BCUT2D eigenvalue weighted by atomic mass is 9.91. The summed E-state index contributed by atoms with van der Waals surface area (Å²) < 4.78 is 1.22. The Labute approximate surface area is 142 Å². The Morgan fingerprint density at radius 1 is 1.21 bits per heavy atom. The van der Waals surface area contributed by atoms with Gasteiger partial charge in [-0.3, -0.25) is 9.59 Å². The van der Waals surface area contributed by atoms with Gasteiger partial charge in [-0.05, 0) is 33.0 Å². The topological polar surface area (TPSA) is 67.2 Å². The van der Waals surface area contributed by atoms with Crippen LogP contribution in [-0.4, -0.2) is 46.8 Å². The van der Waals surface area contributed by atoms with Gasteiger partial charge in [-0.15, -0.1) is 0 Å². The third kappa shape index (κ3) is 3.19. The highest BCUT2D eigenvalue weighted by molar-refractivity contribution is 6.04. The molecule has 0 saturated heterocycles. The molecule has 0 aliphatic carbocycles. The molecule has 130 valence electrons. The molecule has 0 aliphatic heterocycles. The molecule has 0 radical (unpaired) electrons. The average molecular weight is 330 g/mol. The molecule has 0 aliphatic rings. The molecule has 0 spiro atoms. The molecular formula is C18H26N4O2.